The molecule has 24 heavy (non-hydrogen) atoms. The van der Waals surface area contributed by atoms with Gasteiger partial charge in [0.15, 0.2) is 0 Å². The van der Waals surface area contributed by atoms with Gasteiger partial charge >= 0.3 is 5.92 Å². The van der Waals surface area contributed by atoms with E-state index >= 15 is 0 Å². The van der Waals surface area contributed by atoms with Crippen molar-refractivity contribution in [2.24, 2.45) is 5.92 Å². The number of likely N-dealkylation sites (tertiary alicyclic amines) is 1. The van der Waals surface area contributed by atoms with E-state index in [-0.39, 0.29) is 24.6 Å². The number of carbonyl (C=O) groups is 2. The number of hydrogen-bond donors (Lipinski definition) is 1. The molecule has 1 saturated heterocycles. The zero-order chi connectivity index (χ0) is 17.7. The lowest BCUT2D eigenvalue weighted by Gasteiger charge is -2.34. The summed E-state index contributed by atoms with van der Waals surface area (Å²) in [4.78, 5) is 25.3. The van der Waals surface area contributed by atoms with Crippen LogP contribution in [0.3, 0.4) is 0 Å². The molecule has 1 fully saturated rings. The van der Waals surface area contributed by atoms with Crippen molar-refractivity contribution in [2.45, 2.75) is 25.7 Å². The molecule has 1 aromatic rings. The predicted molar refractivity (Wildman–Crippen MR) is 84.9 cm³/mol. The lowest BCUT2D eigenvalue weighted by molar-refractivity contribution is -0.161. The van der Waals surface area contributed by atoms with Crippen LogP contribution in [0, 0.1) is 5.92 Å². The molecule has 0 aromatic heterocycles. The monoisotopic (exact) mass is 340 g/mol. The van der Waals surface area contributed by atoms with Crippen LogP contribution in [0.15, 0.2) is 24.3 Å². The van der Waals surface area contributed by atoms with Crippen LogP contribution >= 0.6 is 0 Å². The van der Waals surface area contributed by atoms with E-state index in [4.69, 9.17) is 4.74 Å². The Kier molecular flexibility index (Phi) is 5.75. The van der Waals surface area contributed by atoms with Crippen molar-refractivity contribution in [3.05, 3.63) is 29.8 Å². The van der Waals surface area contributed by atoms with Gasteiger partial charge in [-0.05, 0) is 44.0 Å². The zero-order valence-corrected chi connectivity index (χ0v) is 13.9. The number of benzene rings is 1. The summed E-state index contributed by atoms with van der Waals surface area (Å²) in [6.07, 6.45) is 1.13. The van der Waals surface area contributed by atoms with Gasteiger partial charge in [-0.15, -0.1) is 0 Å². The number of piperidine rings is 1. The molecule has 2 rings (SSSR count). The summed E-state index contributed by atoms with van der Waals surface area (Å²) in [6.45, 7) is 2.53. The van der Waals surface area contributed by atoms with E-state index in [1.54, 1.807) is 6.92 Å². The number of alkyl halides is 2. The third kappa shape index (κ3) is 3.83. The Morgan fingerprint density at radius 3 is 2.58 bits per heavy atom. The fraction of sp³-hybridized carbons (Fsp3) is 0.529. The summed E-state index contributed by atoms with van der Waals surface area (Å²) in [5.74, 6) is -5.08. The minimum Gasteiger partial charge on any atom is -0.497 e. The third-order valence-electron chi connectivity index (χ3n) is 4.15. The molecule has 0 bridgehead atoms. The minimum absolute atomic E-state index is 0.0242. The Morgan fingerprint density at radius 1 is 1.33 bits per heavy atom. The number of amides is 2. The van der Waals surface area contributed by atoms with Gasteiger partial charge in [-0.2, -0.15) is 8.78 Å². The van der Waals surface area contributed by atoms with E-state index in [1.165, 1.54) is 31.4 Å². The zero-order valence-electron chi connectivity index (χ0n) is 13.9. The molecule has 5 nitrogen and oxygen atoms in total. The van der Waals surface area contributed by atoms with Crippen LogP contribution in [0.5, 0.6) is 5.75 Å². The highest BCUT2D eigenvalue weighted by molar-refractivity contribution is 5.86. The van der Waals surface area contributed by atoms with E-state index in [1.807, 2.05) is 0 Å². The summed E-state index contributed by atoms with van der Waals surface area (Å²) in [5.41, 5.74) is -0.381. The minimum atomic E-state index is -3.63. The van der Waals surface area contributed by atoms with Gasteiger partial charge in [0.25, 0.3) is 5.91 Å². The first kappa shape index (κ1) is 18.2. The van der Waals surface area contributed by atoms with Crippen molar-refractivity contribution in [3.63, 3.8) is 0 Å². The van der Waals surface area contributed by atoms with Crippen molar-refractivity contribution < 1.29 is 23.1 Å². The van der Waals surface area contributed by atoms with Crippen LogP contribution in [0.1, 0.15) is 25.3 Å². The highest BCUT2D eigenvalue weighted by Gasteiger charge is 2.45. The van der Waals surface area contributed by atoms with Gasteiger partial charge in [0.2, 0.25) is 5.91 Å². The number of methoxy groups -OCH3 is 1. The van der Waals surface area contributed by atoms with Gasteiger partial charge in [-0.1, -0.05) is 0 Å². The third-order valence-corrected chi connectivity index (χ3v) is 4.15. The quantitative estimate of drug-likeness (QED) is 0.894. The Hall–Kier alpha value is -2.18. The molecule has 1 aliphatic rings. The number of halogens is 2. The maximum Gasteiger partial charge on any atom is 0.349 e. The summed E-state index contributed by atoms with van der Waals surface area (Å²) >= 11 is 0. The molecule has 2 amide bonds. The van der Waals surface area contributed by atoms with E-state index < -0.39 is 17.7 Å². The fourth-order valence-corrected chi connectivity index (χ4v) is 2.82. The summed E-state index contributed by atoms with van der Waals surface area (Å²) in [6, 6.07) is 5.15. The molecule has 0 saturated carbocycles. The molecule has 0 aliphatic carbocycles. The molecule has 1 aromatic carbocycles. The molecule has 1 aliphatic heterocycles. The average molecular weight is 340 g/mol. The van der Waals surface area contributed by atoms with Crippen LogP contribution in [0.4, 0.5) is 8.78 Å². The van der Waals surface area contributed by atoms with Crippen LogP contribution < -0.4 is 10.1 Å². The van der Waals surface area contributed by atoms with E-state index in [0.717, 1.165) is 4.90 Å². The Labute approximate surface area is 140 Å². The van der Waals surface area contributed by atoms with Gasteiger partial charge in [-0.25, -0.2) is 0 Å². The fourth-order valence-electron chi connectivity index (χ4n) is 2.82. The van der Waals surface area contributed by atoms with Gasteiger partial charge < -0.3 is 15.0 Å². The second-order valence-electron chi connectivity index (χ2n) is 5.79. The van der Waals surface area contributed by atoms with Crippen LogP contribution in [0.25, 0.3) is 0 Å². The van der Waals surface area contributed by atoms with Crippen molar-refractivity contribution in [1.29, 1.82) is 0 Å². The second-order valence-corrected chi connectivity index (χ2v) is 5.79. The first-order chi connectivity index (χ1) is 11.4. The van der Waals surface area contributed by atoms with Gasteiger partial charge in [-0.3, -0.25) is 9.59 Å². The lowest BCUT2D eigenvalue weighted by Crippen LogP contribution is -2.49. The van der Waals surface area contributed by atoms with Gasteiger partial charge in [0.05, 0.1) is 13.0 Å². The second kappa shape index (κ2) is 7.59. The van der Waals surface area contributed by atoms with E-state index in [2.05, 4.69) is 5.32 Å². The number of hydrogen-bond acceptors (Lipinski definition) is 3. The first-order valence-corrected chi connectivity index (χ1v) is 7.99. The SMILES string of the molecule is CCNC(=O)[C@@H]1CCCN(C(=O)C(F)(F)c2ccc(OC)cc2)C1. The van der Waals surface area contributed by atoms with Crippen LogP contribution in [-0.4, -0.2) is 43.5 Å². The summed E-state index contributed by atoms with van der Waals surface area (Å²) in [7, 11) is 1.44. The van der Waals surface area contributed by atoms with Crippen molar-refractivity contribution in [2.75, 3.05) is 26.7 Å². The highest BCUT2D eigenvalue weighted by atomic mass is 19.3. The number of ether oxygens (including phenoxy) is 1. The first-order valence-electron chi connectivity index (χ1n) is 7.99. The molecule has 1 heterocycles. The Balaban J connectivity index is 2.11. The topological polar surface area (TPSA) is 58.6 Å². The van der Waals surface area contributed by atoms with E-state index in [9.17, 15) is 18.4 Å². The number of nitrogens with zero attached hydrogens (tertiary/aromatic N) is 1. The lowest BCUT2D eigenvalue weighted by atomic mass is 9.96. The predicted octanol–water partition coefficient (Wildman–Crippen LogP) is 2.16. The summed E-state index contributed by atoms with van der Waals surface area (Å²) < 4.78 is 34.0. The smallest absolute Gasteiger partial charge is 0.349 e. The van der Waals surface area contributed by atoms with Crippen molar-refractivity contribution in [1.82, 2.24) is 10.2 Å². The van der Waals surface area contributed by atoms with Crippen molar-refractivity contribution in [3.8, 4) is 5.75 Å². The van der Waals surface area contributed by atoms with E-state index in [0.29, 0.717) is 25.1 Å². The molecule has 0 radical (unpaired) electrons. The molecule has 0 spiro atoms. The number of carbonyl (C=O) groups excluding carboxylic acids is 2. The molecule has 1 atom stereocenters. The van der Waals surface area contributed by atoms with Crippen LogP contribution in [0.2, 0.25) is 0 Å². The Morgan fingerprint density at radius 2 is 2.00 bits per heavy atom. The highest BCUT2D eigenvalue weighted by Crippen LogP contribution is 2.33. The van der Waals surface area contributed by atoms with Crippen LogP contribution in [-0.2, 0) is 15.5 Å². The molecule has 0 unspecified atom stereocenters. The number of nitrogens with one attached hydrogen (secondary N) is 1. The maximum atomic E-state index is 14.5. The maximum absolute atomic E-state index is 14.5. The average Bonchev–Trinajstić information content (AvgIpc) is 2.61. The molecule has 7 heteroatoms. The molecule has 1 N–H and O–H groups in total. The number of rotatable bonds is 5. The Bertz CT molecular complexity index is 590. The van der Waals surface area contributed by atoms with Gasteiger partial charge in [0, 0.05) is 25.2 Å². The molecule has 132 valence electrons. The molecular weight excluding hydrogens is 318 g/mol. The van der Waals surface area contributed by atoms with Crippen molar-refractivity contribution >= 4 is 11.8 Å². The standard InChI is InChI=1S/C17H22F2N2O3/c1-3-20-15(22)12-5-4-10-21(11-12)16(23)17(18,19)13-6-8-14(24-2)9-7-13/h6-9,12H,3-5,10-11H2,1-2H3,(H,20,22)/t12-/m1/s1. The normalized spacial score (nSPS) is 18.2. The largest absolute Gasteiger partial charge is 0.497 e. The van der Waals surface area contributed by atoms with Gasteiger partial charge in [0.1, 0.15) is 5.75 Å². The molecular formula is C17H22F2N2O3. The summed E-state index contributed by atoms with van der Waals surface area (Å²) in [5, 5.41) is 2.68.